The van der Waals surface area contributed by atoms with E-state index in [-0.39, 0.29) is 6.09 Å². The standard InChI is InChI=1S/C18H24N2O3/c1-19-12-15(22-2)9-8-14(19)10-13-11-20(18(21)23-3)17-7-5-4-6-16(13)17/h4-7,9,13-14H,8,10-12H2,1-3H3/t13-,14-/m1/s1. The molecule has 1 amide bonds. The average Bonchev–Trinajstić information content (AvgIpc) is 2.95. The summed E-state index contributed by atoms with van der Waals surface area (Å²) in [7, 11) is 5.29. The van der Waals surface area contributed by atoms with E-state index in [0.717, 1.165) is 30.8 Å². The Kier molecular flexibility index (Phi) is 4.57. The molecule has 2 heterocycles. The van der Waals surface area contributed by atoms with Crippen molar-refractivity contribution in [2.45, 2.75) is 24.8 Å². The summed E-state index contributed by atoms with van der Waals surface area (Å²) in [6.45, 7) is 1.54. The number of methoxy groups -OCH3 is 2. The number of carbonyl (C=O) groups excluding carboxylic acids is 1. The highest BCUT2D eigenvalue weighted by Gasteiger charge is 2.35. The van der Waals surface area contributed by atoms with Crippen LogP contribution in [0.2, 0.25) is 0 Å². The number of carbonyl (C=O) groups is 1. The first kappa shape index (κ1) is 15.9. The number of likely N-dealkylation sites (N-methyl/N-ethyl adjacent to an activating group) is 1. The summed E-state index contributed by atoms with van der Waals surface area (Å²) in [4.78, 5) is 16.1. The molecule has 3 rings (SSSR count). The molecule has 0 aliphatic carbocycles. The fraction of sp³-hybridized carbons (Fsp3) is 0.500. The van der Waals surface area contributed by atoms with Crippen molar-refractivity contribution >= 4 is 11.8 Å². The maximum absolute atomic E-state index is 12.0. The lowest BCUT2D eigenvalue weighted by molar-refractivity contribution is 0.166. The summed E-state index contributed by atoms with van der Waals surface area (Å²) < 4.78 is 10.3. The molecule has 0 fully saturated rings. The molecule has 0 unspecified atom stereocenters. The molecular weight excluding hydrogens is 292 g/mol. The van der Waals surface area contributed by atoms with Crippen LogP contribution in [0.3, 0.4) is 0 Å². The molecule has 0 bridgehead atoms. The third-order valence-electron chi connectivity index (χ3n) is 4.93. The Hall–Kier alpha value is -2.01. The van der Waals surface area contributed by atoms with Crippen molar-refractivity contribution in [3.63, 3.8) is 0 Å². The zero-order valence-corrected chi connectivity index (χ0v) is 14.0. The van der Waals surface area contributed by atoms with Crippen LogP contribution in [0, 0.1) is 0 Å². The van der Waals surface area contributed by atoms with Crippen LogP contribution in [-0.2, 0) is 9.47 Å². The van der Waals surface area contributed by atoms with Gasteiger partial charge in [-0.3, -0.25) is 9.80 Å². The highest BCUT2D eigenvalue weighted by atomic mass is 16.5. The first-order valence-electron chi connectivity index (χ1n) is 8.01. The summed E-state index contributed by atoms with van der Waals surface area (Å²) in [6.07, 6.45) is 3.91. The molecule has 0 aromatic heterocycles. The van der Waals surface area contributed by atoms with Gasteiger partial charge in [0.2, 0.25) is 0 Å². The quantitative estimate of drug-likeness (QED) is 0.860. The maximum Gasteiger partial charge on any atom is 0.414 e. The van der Waals surface area contributed by atoms with E-state index in [1.54, 1.807) is 12.0 Å². The molecule has 0 spiro atoms. The summed E-state index contributed by atoms with van der Waals surface area (Å²) in [5.74, 6) is 1.38. The Morgan fingerprint density at radius 3 is 2.78 bits per heavy atom. The van der Waals surface area contributed by atoms with Crippen LogP contribution in [0.5, 0.6) is 0 Å². The normalized spacial score (nSPS) is 24.1. The van der Waals surface area contributed by atoms with Crippen molar-refractivity contribution in [2.75, 3.05) is 39.3 Å². The van der Waals surface area contributed by atoms with Gasteiger partial charge in [-0.05, 0) is 37.6 Å². The Balaban J connectivity index is 1.77. The summed E-state index contributed by atoms with van der Waals surface area (Å²) in [6, 6.07) is 8.60. The zero-order valence-electron chi connectivity index (χ0n) is 14.0. The third-order valence-corrected chi connectivity index (χ3v) is 4.93. The molecule has 2 atom stereocenters. The molecule has 2 aliphatic heterocycles. The van der Waals surface area contributed by atoms with Gasteiger partial charge in [0.25, 0.3) is 0 Å². The maximum atomic E-state index is 12.0. The first-order chi connectivity index (χ1) is 11.1. The van der Waals surface area contributed by atoms with E-state index in [0.29, 0.717) is 18.5 Å². The number of hydrogen-bond donors (Lipinski definition) is 0. The summed E-state index contributed by atoms with van der Waals surface area (Å²) in [5.41, 5.74) is 2.23. The fourth-order valence-corrected chi connectivity index (χ4v) is 3.62. The molecule has 5 nitrogen and oxygen atoms in total. The molecular formula is C18H24N2O3. The van der Waals surface area contributed by atoms with Crippen molar-refractivity contribution < 1.29 is 14.3 Å². The second-order valence-corrected chi connectivity index (χ2v) is 6.25. The number of benzene rings is 1. The van der Waals surface area contributed by atoms with Crippen molar-refractivity contribution in [3.8, 4) is 0 Å². The van der Waals surface area contributed by atoms with Crippen molar-refractivity contribution in [2.24, 2.45) is 0 Å². The number of amides is 1. The lowest BCUT2D eigenvalue weighted by atomic mass is 9.91. The Morgan fingerprint density at radius 2 is 2.09 bits per heavy atom. The number of hydrogen-bond acceptors (Lipinski definition) is 4. The number of anilines is 1. The number of ether oxygens (including phenoxy) is 2. The van der Waals surface area contributed by atoms with Gasteiger partial charge in [0.05, 0.1) is 26.5 Å². The highest BCUT2D eigenvalue weighted by Crippen LogP contribution is 2.40. The molecule has 0 saturated carbocycles. The highest BCUT2D eigenvalue weighted by molar-refractivity contribution is 5.90. The monoisotopic (exact) mass is 316 g/mol. The van der Waals surface area contributed by atoms with E-state index in [1.807, 2.05) is 18.2 Å². The van der Waals surface area contributed by atoms with Gasteiger partial charge in [-0.1, -0.05) is 18.2 Å². The summed E-state index contributed by atoms with van der Waals surface area (Å²) in [5, 5.41) is 0. The predicted octanol–water partition coefficient (Wildman–Crippen LogP) is 2.98. The minimum absolute atomic E-state index is 0.279. The summed E-state index contributed by atoms with van der Waals surface area (Å²) >= 11 is 0. The van der Waals surface area contributed by atoms with Crippen LogP contribution in [-0.4, -0.2) is 51.4 Å². The van der Waals surface area contributed by atoms with E-state index in [4.69, 9.17) is 9.47 Å². The van der Waals surface area contributed by atoms with Crippen molar-refractivity contribution in [3.05, 3.63) is 41.7 Å². The van der Waals surface area contributed by atoms with Crippen LogP contribution in [0.4, 0.5) is 10.5 Å². The smallest absolute Gasteiger partial charge is 0.414 e. The van der Waals surface area contributed by atoms with Crippen LogP contribution in [0.15, 0.2) is 36.1 Å². The third kappa shape index (κ3) is 3.06. The van der Waals surface area contributed by atoms with Gasteiger partial charge in [0, 0.05) is 18.5 Å². The molecule has 5 heteroatoms. The van der Waals surface area contributed by atoms with Crippen molar-refractivity contribution in [1.82, 2.24) is 4.90 Å². The molecule has 2 aliphatic rings. The minimum atomic E-state index is -0.279. The van der Waals surface area contributed by atoms with Gasteiger partial charge < -0.3 is 9.47 Å². The molecule has 0 N–H and O–H groups in total. The van der Waals surface area contributed by atoms with Crippen LogP contribution in [0.25, 0.3) is 0 Å². The molecule has 124 valence electrons. The second-order valence-electron chi connectivity index (χ2n) is 6.25. The Morgan fingerprint density at radius 1 is 1.30 bits per heavy atom. The Bertz CT molecular complexity index is 614. The molecule has 23 heavy (non-hydrogen) atoms. The largest absolute Gasteiger partial charge is 0.500 e. The van der Waals surface area contributed by atoms with Gasteiger partial charge in [-0.2, -0.15) is 0 Å². The first-order valence-corrected chi connectivity index (χ1v) is 8.01. The fourth-order valence-electron chi connectivity index (χ4n) is 3.62. The molecule has 0 radical (unpaired) electrons. The second kappa shape index (κ2) is 6.62. The number of para-hydroxylation sites is 1. The van der Waals surface area contributed by atoms with Gasteiger partial charge in [0.1, 0.15) is 5.76 Å². The lowest BCUT2D eigenvalue weighted by Crippen LogP contribution is -2.38. The number of fused-ring (bicyclic) bond motifs is 1. The molecule has 1 aromatic rings. The van der Waals surface area contributed by atoms with E-state index < -0.39 is 0 Å². The SMILES string of the molecule is COC(=O)N1C[C@@H](C[C@H]2CC=C(OC)CN2C)c2ccccc21. The number of rotatable bonds is 3. The van der Waals surface area contributed by atoms with Crippen LogP contribution in [0.1, 0.15) is 24.3 Å². The van der Waals surface area contributed by atoms with Crippen LogP contribution >= 0.6 is 0 Å². The predicted molar refractivity (Wildman–Crippen MR) is 89.7 cm³/mol. The van der Waals surface area contributed by atoms with Gasteiger partial charge in [-0.15, -0.1) is 0 Å². The molecule has 0 saturated heterocycles. The van der Waals surface area contributed by atoms with Gasteiger partial charge in [-0.25, -0.2) is 4.79 Å². The average molecular weight is 316 g/mol. The van der Waals surface area contributed by atoms with E-state index in [2.05, 4.69) is 24.1 Å². The minimum Gasteiger partial charge on any atom is -0.500 e. The number of nitrogens with zero attached hydrogens (tertiary/aromatic N) is 2. The van der Waals surface area contributed by atoms with Gasteiger partial charge >= 0.3 is 6.09 Å². The van der Waals surface area contributed by atoms with E-state index in [1.165, 1.54) is 12.7 Å². The van der Waals surface area contributed by atoms with E-state index >= 15 is 0 Å². The van der Waals surface area contributed by atoms with Crippen LogP contribution < -0.4 is 4.90 Å². The van der Waals surface area contributed by atoms with Crippen molar-refractivity contribution in [1.29, 1.82) is 0 Å². The van der Waals surface area contributed by atoms with Gasteiger partial charge in [0.15, 0.2) is 0 Å². The molecule has 1 aromatic carbocycles. The van der Waals surface area contributed by atoms with E-state index in [9.17, 15) is 4.79 Å². The zero-order chi connectivity index (χ0) is 16.4. The lowest BCUT2D eigenvalue weighted by Gasteiger charge is -2.33. The topological polar surface area (TPSA) is 42.0 Å². The Labute approximate surface area is 137 Å².